The number of hydrogen-bond donors (Lipinski definition) is 0. The molecule has 0 saturated heterocycles. The van der Waals surface area contributed by atoms with E-state index < -0.39 is 0 Å². The maximum absolute atomic E-state index is 2.45. The average Bonchev–Trinajstić information content (AvgIpc) is 3.34. The van der Waals surface area contributed by atoms with Crippen LogP contribution in [0.25, 0.3) is 88.0 Å². The van der Waals surface area contributed by atoms with Gasteiger partial charge in [-0.25, -0.2) is 0 Å². The van der Waals surface area contributed by atoms with E-state index in [2.05, 4.69) is 254 Å². The van der Waals surface area contributed by atoms with Crippen molar-refractivity contribution in [3.05, 3.63) is 249 Å². The van der Waals surface area contributed by atoms with Crippen LogP contribution in [-0.2, 0) is 0 Å². The highest BCUT2D eigenvalue weighted by molar-refractivity contribution is 6.14. The summed E-state index contributed by atoms with van der Waals surface area (Å²) in [6.07, 6.45) is 0. The van der Waals surface area contributed by atoms with Crippen molar-refractivity contribution >= 4 is 49.4 Å². The van der Waals surface area contributed by atoms with Gasteiger partial charge in [0.05, 0.1) is 5.69 Å². The molecule has 0 amide bonds. The maximum Gasteiger partial charge on any atom is 0.0546 e. The predicted octanol–water partition coefficient (Wildman–Crippen LogP) is 17.0. The Balaban J connectivity index is 1.15. The van der Waals surface area contributed by atoms with Crippen molar-refractivity contribution in [2.75, 3.05) is 4.90 Å². The van der Waals surface area contributed by atoms with E-state index in [1.54, 1.807) is 0 Å². The van der Waals surface area contributed by atoms with Crippen molar-refractivity contribution in [1.82, 2.24) is 0 Å². The first-order valence-corrected chi connectivity index (χ1v) is 21.0. The van der Waals surface area contributed by atoms with E-state index >= 15 is 0 Å². The molecule has 0 atom stereocenters. The van der Waals surface area contributed by atoms with Crippen molar-refractivity contribution in [1.29, 1.82) is 0 Å². The van der Waals surface area contributed by atoms with Crippen molar-refractivity contribution in [3.8, 4) is 55.6 Å². The summed E-state index contributed by atoms with van der Waals surface area (Å²) in [6, 6.07) is 90.6. The molecule has 11 aromatic rings. The van der Waals surface area contributed by atoms with Gasteiger partial charge >= 0.3 is 0 Å². The van der Waals surface area contributed by atoms with E-state index in [1.807, 2.05) is 0 Å². The SMILES string of the molecule is c1ccc(-c2ccccc2-c2c(-c3ccccc3)cccc2N(c2ccc(-c3cc4ccccc4c4ccccc34)cc2)c2cccc(-c3ccc4ccccc4c3)c2)cc1. The van der Waals surface area contributed by atoms with Crippen LogP contribution < -0.4 is 4.90 Å². The molecule has 0 aliphatic rings. The van der Waals surface area contributed by atoms with Crippen molar-refractivity contribution < 1.29 is 0 Å². The molecular weight excluding hydrogens is 735 g/mol. The number of hydrogen-bond acceptors (Lipinski definition) is 1. The minimum Gasteiger partial charge on any atom is -0.310 e. The van der Waals surface area contributed by atoms with Gasteiger partial charge in [0.25, 0.3) is 0 Å². The highest BCUT2D eigenvalue weighted by Gasteiger charge is 2.23. The Morgan fingerprint density at radius 1 is 0.230 bits per heavy atom. The smallest absolute Gasteiger partial charge is 0.0546 e. The lowest BCUT2D eigenvalue weighted by Gasteiger charge is -2.30. The maximum atomic E-state index is 2.45. The number of benzene rings is 11. The fourth-order valence-electron chi connectivity index (χ4n) is 9.14. The minimum absolute atomic E-state index is 1.08. The zero-order valence-corrected chi connectivity index (χ0v) is 33.6. The van der Waals surface area contributed by atoms with E-state index in [0.29, 0.717) is 0 Å². The van der Waals surface area contributed by atoms with Crippen LogP contribution in [0, 0.1) is 0 Å². The average molecular weight is 776 g/mol. The molecule has 0 aliphatic carbocycles. The molecule has 0 spiro atoms. The lowest BCUT2D eigenvalue weighted by atomic mass is 9.87. The molecule has 11 rings (SSSR count). The van der Waals surface area contributed by atoms with Gasteiger partial charge in [-0.1, -0.05) is 206 Å². The zero-order valence-electron chi connectivity index (χ0n) is 33.6. The van der Waals surface area contributed by atoms with Gasteiger partial charge in [0.1, 0.15) is 0 Å². The Kier molecular flexibility index (Phi) is 9.26. The van der Waals surface area contributed by atoms with Gasteiger partial charge in [-0.3, -0.25) is 0 Å². The highest BCUT2D eigenvalue weighted by Crippen LogP contribution is 2.49. The van der Waals surface area contributed by atoms with E-state index in [0.717, 1.165) is 22.6 Å². The molecule has 286 valence electrons. The second-order valence-corrected chi connectivity index (χ2v) is 15.7. The fraction of sp³-hybridized carbons (Fsp3) is 0. The summed E-state index contributed by atoms with van der Waals surface area (Å²) in [7, 11) is 0. The van der Waals surface area contributed by atoms with Crippen LogP contribution in [-0.4, -0.2) is 0 Å². The van der Waals surface area contributed by atoms with Gasteiger partial charge in [-0.05, 0) is 125 Å². The lowest BCUT2D eigenvalue weighted by Crippen LogP contribution is -2.12. The third-order valence-electron chi connectivity index (χ3n) is 12.0. The van der Waals surface area contributed by atoms with Crippen LogP contribution in [0.3, 0.4) is 0 Å². The Morgan fingerprint density at radius 3 is 1.52 bits per heavy atom. The second-order valence-electron chi connectivity index (χ2n) is 15.7. The molecule has 61 heavy (non-hydrogen) atoms. The molecule has 0 saturated carbocycles. The first-order valence-electron chi connectivity index (χ1n) is 21.0. The summed E-state index contributed by atoms with van der Waals surface area (Å²) in [5.74, 6) is 0. The Labute approximate surface area is 357 Å². The largest absolute Gasteiger partial charge is 0.310 e. The van der Waals surface area contributed by atoms with Crippen LogP contribution in [0.1, 0.15) is 0 Å². The summed E-state index contributed by atoms with van der Waals surface area (Å²) >= 11 is 0. The van der Waals surface area contributed by atoms with Crippen molar-refractivity contribution in [2.24, 2.45) is 0 Å². The van der Waals surface area contributed by atoms with Crippen molar-refractivity contribution in [3.63, 3.8) is 0 Å². The number of anilines is 3. The van der Waals surface area contributed by atoms with Gasteiger partial charge in [0.15, 0.2) is 0 Å². The highest BCUT2D eigenvalue weighted by atomic mass is 15.1. The standard InChI is InChI=1S/C60H41N/c1-3-18-43(19-4-1)52-26-11-14-30-57(52)60-54(44-20-5-2-6-21-44)31-16-32-59(60)61(51-25-15-24-47(40-51)48-34-33-42-17-7-8-22-46(42)39-48)50-37-35-45(36-38-50)58-41-49-23-9-10-27-53(49)55-28-12-13-29-56(55)58/h1-41H. The summed E-state index contributed by atoms with van der Waals surface area (Å²) < 4.78 is 0. The van der Waals surface area contributed by atoms with E-state index in [-0.39, 0.29) is 0 Å². The van der Waals surface area contributed by atoms with E-state index in [9.17, 15) is 0 Å². The van der Waals surface area contributed by atoms with Gasteiger partial charge in [-0.15, -0.1) is 0 Å². The molecule has 0 unspecified atom stereocenters. The molecule has 11 aromatic carbocycles. The first-order chi connectivity index (χ1) is 30.3. The molecule has 1 nitrogen and oxygen atoms in total. The molecule has 0 aromatic heterocycles. The van der Waals surface area contributed by atoms with Gasteiger partial charge in [0.2, 0.25) is 0 Å². The molecule has 0 fully saturated rings. The van der Waals surface area contributed by atoms with Crippen LogP contribution in [0.15, 0.2) is 249 Å². The minimum atomic E-state index is 1.08. The topological polar surface area (TPSA) is 3.24 Å². The van der Waals surface area contributed by atoms with Gasteiger partial charge < -0.3 is 4.90 Å². The van der Waals surface area contributed by atoms with Crippen LogP contribution in [0.4, 0.5) is 17.1 Å². The third kappa shape index (κ3) is 6.73. The first kappa shape index (κ1) is 36.1. The normalized spacial score (nSPS) is 11.3. The molecule has 0 heterocycles. The lowest BCUT2D eigenvalue weighted by molar-refractivity contribution is 1.28. The van der Waals surface area contributed by atoms with Crippen LogP contribution in [0.2, 0.25) is 0 Å². The van der Waals surface area contributed by atoms with E-state index in [4.69, 9.17) is 0 Å². The number of fused-ring (bicyclic) bond motifs is 4. The third-order valence-corrected chi connectivity index (χ3v) is 12.0. The van der Waals surface area contributed by atoms with Crippen LogP contribution in [0.5, 0.6) is 0 Å². The summed E-state index contributed by atoms with van der Waals surface area (Å²) in [4.78, 5) is 2.45. The molecular formula is C60H41N. The second kappa shape index (κ2) is 15.6. The van der Waals surface area contributed by atoms with Gasteiger partial charge in [-0.2, -0.15) is 0 Å². The zero-order chi connectivity index (χ0) is 40.5. The predicted molar refractivity (Wildman–Crippen MR) is 261 cm³/mol. The van der Waals surface area contributed by atoms with Crippen LogP contribution >= 0.6 is 0 Å². The fourth-order valence-corrected chi connectivity index (χ4v) is 9.14. The molecule has 0 aliphatic heterocycles. The number of rotatable bonds is 8. The monoisotopic (exact) mass is 775 g/mol. The molecule has 0 N–H and O–H groups in total. The Bertz CT molecular complexity index is 3350. The van der Waals surface area contributed by atoms with E-state index in [1.165, 1.54) is 82.4 Å². The molecule has 0 bridgehead atoms. The Hall–Kier alpha value is -8.00. The molecule has 1 heteroatoms. The molecule has 0 radical (unpaired) electrons. The Morgan fingerprint density at radius 2 is 0.754 bits per heavy atom. The summed E-state index contributed by atoms with van der Waals surface area (Å²) in [5, 5.41) is 7.51. The quantitative estimate of drug-likeness (QED) is 0.139. The summed E-state index contributed by atoms with van der Waals surface area (Å²) in [5.41, 5.74) is 15.1. The van der Waals surface area contributed by atoms with Crippen molar-refractivity contribution in [2.45, 2.75) is 0 Å². The van der Waals surface area contributed by atoms with Gasteiger partial charge in [0, 0.05) is 16.9 Å². The number of nitrogens with zero attached hydrogens (tertiary/aromatic N) is 1. The summed E-state index contributed by atoms with van der Waals surface area (Å²) in [6.45, 7) is 0.